The molecule has 2 N–H and O–H groups in total. The molecular weight excluding hydrogens is 336 g/mol. The Hall–Kier alpha value is -3.48. The van der Waals surface area contributed by atoms with Crippen LogP contribution in [0.2, 0.25) is 0 Å². The van der Waals surface area contributed by atoms with E-state index in [1.807, 2.05) is 24.3 Å². The van der Waals surface area contributed by atoms with Gasteiger partial charge >= 0.3 is 0 Å². The molecule has 0 amide bonds. The summed E-state index contributed by atoms with van der Waals surface area (Å²) in [5, 5.41) is 0.717. The molecule has 0 atom stereocenters. The number of anilines is 1. The molecule has 0 aliphatic heterocycles. The molecule has 0 aliphatic rings. The van der Waals surface area contributed by atoms with E-state index in [0.717, 1.165) is 16.6 Å². The molecule has 0 saturated carbocycles. The first-order valence-corrected chi connectivity index (χ1v) is 7.84. The zero-order valence-corrected chi connectivity index (χ0v) is 13.5. The Balaban J connectivity index is 1.89. The fourth-order valence-electron chi connectivity index (χ4n) is 2.79. The van der Waals surface area contributed by atoms with Crippen molar-refractivity contribution in [3.63, 3.8) is 0 Å². The fraction of sp³-hybridized carbons (Fsp3) is 0.0526. The zero-order valence-electron chi connectivity index (χ0n) is 13.5. The molecule has 3 heterocycles. The number of nitrogens with zero attached hydrogens (tertiary/aromatic N) is 4. The molecule has 0 radical (unpaired) electrons. The van der Waals surface area contributed by atoms with Crippen molar-refractivity contribution in [1.82, 2.24) is 19.9 Å². The molecule has 0 unspecified atom stereocenters. The molecule has 7 heteroatoms. The Morgan fingerprint density at radius 3 is 2.65 bits per heavy atom. The average molecular weight is 349 g/mol. The van der Waals surface area contributed by atoms with Gasteiger partial charge in [-0.1, -0.05) is 18.2 Å². The minimum Gasteiger partial charge on any atom is -0.383 e. The number of rotatable bonds is 3. The second kappa shape index (κ2) is 6.44. The number of nitrogens with two attached hydrogens (primary N) is 1. The van der Waals surface area contributed by atoms with E-state index in [1.165, 1.54) is 12.4 Å². The van der Waals surface area contributed by atoms with Crippen molar-refractivity contribution >= 4 is 16.7 Å². The lowest BCUT2D eigenvalue weighted by Crippen LogP contribution is -1.96. The summed E-state index contributed by atoms with van der Waals surface area (Å²) in [5.74, 6) is 0.375. The Morgan fingerprint density at radius 2 is 1.81 bits per heavy atom. The van der Waals surface area contributed by atoms with Gasteiger partial charge in [-0.25, -0.2) is 23.7 Å². The van der Waals surface area contributed by atoms with E-state index < -0.39 is 6.43 Å². The second-order valence-corrected chi connectivity index (χ2v) is 5.64. The van der Waals surface area contributed by atoms with Crippen LogP contribution in [0, 0.1) is 0 Å². The highest BCUT2D eigenvalue weighted by Crippen LogP contribution is 2.32. The second-order valence-electron chi connectivity index (χ2n) is 5.64. The lowest BCUT2D eigenvalue weighted by Gasteiger charge is -2.10. The lowest BCUT2D eigenvalue weighted by molar-refractivity contribution is 0.146. The van der Waals surface area contributed by atoms with E-state index >= 15 is 0 Å². The van der Waals surface area contributed by atoms with Crippen LogP contribution in [0.4, 0.5) is 14.6 Å². The zero-order chi connectivity index (χ0) is 18.1. The van der Waals surface area contributed by atoms with Crippen LogP contribution in [-0.4, -0.2) is 19.9 Å². The molecule has 128 valence electrons. The molecule has 0 spiro atoms. The van der Waals surface area contributed by atoms with Gasteiger partial charge in [0.05, 0.1) is 16.9 Å². The Bertz CT molecular complexity index is 1100. The van der Waals surface area contributed by atoms with Crippen molar-refractivity contribution in [3.8, 4) is 22.5 Å². The maximum atomic E-state index is 13.0. The van der Waals surface area contributed by atoms with Crippen LogP contribution in [0.5, 0.6) is 0 Å². The van der Waals surface area contributed by atoms with E-state index in [1.54, 1.807) is 24.4 Å². The Labute approximate surface area is 147 Å². The predicted octanol–water partition coefficient (Wildman–Crippen LogP) is 4.27. The molecular formula is C19H13F2N5. The lowest BCUT2D eigenvalue weighted by atomic mass is 10.00. The number of alkyl halides is 2. The van der Waals surface area contributed by atoms with Crippen LogP contribution in [0.25, 0.3) is 33.4 Å². The largest absolute Gasteiger partial charge is 0.383 e. The first kappa shape index (κ1) is 16.0. The molecule has 0 saturated heterocycles. The minimum absolute atomic E-state index is 0.282. The molecule has 0 bridgehead atoms. The van der Waals surface area contributed by atoms with Crippen LogP contribution in [-0.2, 0) is 0 Å². The van der Waals surface area contributed by atoms with Crippen molar-refractivity contribution in [2.75, 3.05) is 5.73 Å². The summed E-state index contributed by atoms with van der Waals surface area (Å²) in [7, 11) is 0. The van der Waals surface area contributed by atoms with Gasteiger partial charge in [-0.3, -0.25) is 4.98 Å². The van der Waals surface area contributed by atoms with Crippen LogP contribution in [0.1, 0.15) is 12.1 Å². The third-order valence-electron chi connectivity index (χ3n) is 4.02. The number of benzene rings is 1. The summed E-state index contributed by atoms with van der Waals surface area (Å²) in [6.45, 7) is 0. The van der Waals surface area contributed by atoms with Gasteiger partial charge in [0.25, 0.3) is 6.43 Å². The normalized spacial score (nSPS) is 11.2. The summed E-state index contributed by atoms with van der Waals surface area (Å²) >= 11 is 0. The average Bonchev–Trinajstić information content (AvgIpc) is 2.68. The number of hydrogen-bond donors (Lipinski definition) is 1. The molecule has 3 aromatic heterocycles. The first-order chi connectivity index (χ1) is 12.6. The van der Waals surface area contributed by atoms with Crippen LogP contribution < -0.4 is 5.73 Å². The van der Waals surface area contributed by atoms with Gasteiger partial charge in [-0.15, -0.1) is 0 Å². The van der Waals surface area contributed by atoms with Gasteiger partial charge in [-0.2, -0.15) is 0 Å². The summed E-state index contributed by atoms with van der Waals surface area (Å²) in [6.07, 6.45) is 0.375. The first-order valence-electron chi connectivity index (χ1n) is 7.84. The number of halogens is 2. The highest BCUT2D eigenvalue weighted by molar-refractivity contribution is 5.93. The van der Waals surface area contributed by atoms with Gasteiger partial charge in [0, 0.05) is 17.1 Å². The maximum Gasteiger partial charge on any atom is 0.280 e. The molecule has 0 fully saturated rings. The minimum atomic E-state index is -2.64. The van der Waals surface area contributed by atoms with E-state index in [4.69, 9.17) is 5.73 Å². The van der Waals surface area contributed by atoms with Gasteiger partial charge < -0.3 is 5.73 Å². The number of aromatic nitrogens is 4. The third-order valence-corrected chi connectivity index (χ3v) is 4.02. The Kier molecular flexibility index (Phi) is 3.96. The summed E-state index contributed by atoms with van der Waals surface area (Å²) in [6, 6.07) is 13.7. The van der Waals surface area contributed by atoms with E-state index in [-0.39, 0.29) is 5.69 Å². The van der Waals surface area contributed by atoms with Crippen molar-refractivity contribution in [1.29, 1.82) is 0 Å². The van der Waals surface area contributed by atoms with E-state index in [9.17, 15) is 8.78 Å². The molecule has 4 aromatic rings. The monoisotopic (exact) mass is 349 g/mol. The maximum absolute atomic E-state index is 13.0. The van der Waals surface area contributed by atoms with Gasteiger partial charge in [-0.05, 0) is 35.9 Å². The van der Waals surface area contributed by atoms with Gasteiger partial charge in [0.2, 0.25) is 0 Å². The van der Waals surface area contributed by atoms with E-state index in [0.29, 0.717) is 22.6 Å². The van der Waals surface area contributed by atoms with Gasteiger partial charge in [0.15, 0.2) is 0 Å². The SMILES string of the molecule is Nc1ncnc2ccc(-c3cccnc3-c3cccc(C(F)F)n3)cc12. The van der Waals surface area contributed by atoms with Crippen LogP contribution >= 0.6 is 0 Å². The number of fused-ring (bicyclic) bond motifs is 1. The summed E-state index contributed by atoms with van der Waals surface area (Å²) in [5.41, 5.74) is 8.88. The topological polar surface area (TPSA) is 77.6 Å². The van der Waals surface area contributed by atoms with Crippen molar-refractivity contribution in [3.05, 3.63) is 66.7 Å². The highest BCUT2D eigenvalue weighted by atomic mass is 19.3. The number of hydrogen-bond acceptors (Lipinski definition) is 5. The van der Waals surface area contributed by atoms with Crippen molar-refractivity contribution in [2.24, 2.45) is 0 Å². The molecule has 1 aromatic carbocycles. The number of nitrogen functional groups attached to an aromatic ring is 1. The summed E-state index contributed by atoms with van der Waals surface area (Å²) < 4.78 is 26.0. The van der Waals surface area contributed by atoms with Crippen molar-refractivity contribution < 1.29 is 8.78 Å². The molecule has 0 aliphatic carbocycles. The smallest absolute Gasteiger partial charge is 0.280 e. The van der Waals surface area contributed by atoms with Gasteiger partial charge in [0.1, 0.15) is 17.8 Å². The van der Waals surface area contributed by atoms with E-state index in [2.05, 4.69) is 19.9 Å². The van der Waals surface area contributed by atoms with Crippen molar-refractivity contribution in [2.45, 2.75) is 6.43 Å². The number of pyridine rings is 2. The Morgan fingerprint density at radius 1 is 0.923 bits per heavy atom. The molecule has 4 rings (SSSR count). The van der Waals surface area contributed by atoms with Crippen LogP contribution in [0.3, 0.4) is 0 Å². The third kappa shape index (κ3) is 2.83. The quantitative estimate of drug-likeness (QED) is 0.597. The molecule has 26 heavy (non-hydrogen) atoms. The highest BCUT2D eigenvalue weighted by Gasteiger charge is 2.14. The molecule has 5 nitrogen and oxygen atoms in total. The summed E-state index contributed by atoms with van der Waals surface area (Å²) in [4.78, 5) is 16.6. The predicted molar refractivity (Wildman–Crippen MR) is 95.4 cm³/mol. The standard InChI is InChI=1S/C19H13F2N5/c20-18(21)16-5-1-4-15(26-16)17-12(3-2-8-23-17)11-6-7-14-13(9-11)19(22)25-10-24-14/h1-10,18H,(H2,22,24,25). The fourth-order valence-corrected chi connectivity index (χ4v) is 2.79. The van der Waals surface area contributed by atoms with Crippen LogP contribution in [0.15, 0.2) is 61.1 Å².